The van der Waals surface area contributed by atoms with E-state index in [2.05, 4.69) is 15.9 Å². The molecule has 2 N–H and O–H groups in total. The molecule has 1 aromatic carbocycles. The molecule has 1 aliphatic rings. The monoisotopic (exact) mass is 379 g/mol. The second-order valence-electron chi connectivity index (χ2n) is 4.72. The molecule has 0 spiro atoms. The summed E-state index contributed by atoms with van der Waals surface area (Å²) in [6.07, 6.45) is 0. The zero-order chi connectivity index (χ0) is 15.8. The second-order valence-corrected chi connectivity index (χ2v) is 7.49. The number of hydrogen-bond donors (Lipinski definition) is 1. The molecule has 1 saturated heterocycles. The van der Waals surface area contributed by atoms with Gasteiger partial charge < -0.3 is 10.6 Å². The summed E-state index contributed by atoms with van der Waals surface area (Å²) in [5, 5.41) is 0. The average Bonchev–Trinajstić information content (AvgIpc) is 2.42. The molecular weight excluding hydrogens is 365 g/mol. The maximum Gasteiger partial charge on any atom is 0.246 e. The number of halogens is 2. The van der Waals surface area contributed by atoms with E-state index in [9.17, 15) is 17.6 Å². The van der Waals surface area contributed by atoms with Crippen molar-refractivity contribution in [3.63, 3.8) is 0 Å². The van der Waals surface area contributed by atoms with Gasteiger partial charge in [0.1, 0.15) is 4.90 Å². The molecule has 0 saturated carbocycles. The molecule has 0 bridgehead atoms. The van der Waals surface area contributed by atoms with Crippen LogP contribution >= 0.6 is 15.9 Å². The van der Waals surface area contributed by atoms with Gasteiger partial charge in [-0.15, -0.1) is 0 Å². The average molecular weight is 380 g/mol. The van der Waals surface area contributed by atoms with Crippen LogP contribution in [0.15, 0.2) is 21.5 Å². The lowest BCUT2D eigenvalue weighted by molar-refractivity contribution is -0.129. The Bertz CT molecular complexity index is 673. The minimum atomic E-state index is -3.98. The van der Waals surface area contributed by atoms with Crippen molar-refractivity contribution < 1.29 is 17.6 Å². The van der Waals surface area contributed by atoms with Gasteiger partial charge in [-0.25, -0.2) is 12.8 Å². The third kappa shape index (κ3) is 3.19. The summed E-state index contributed by atoms with van der Waals surface area (Å²) in [7, 11) is -3.98. The van der Waals surface area contributed by atoms with Crippen molar-refractivity contribution in [3.8, 4) is 0 Å². The Balaban J connectivity index is 2.30. The van der Waals surface area contributed by atoms with Crippen molar-refractivity contribution in [2.75, 3.05) is 31.9 Å². The molecule has 116 valence electrons. The van der Waals surface area contributed by atoms with Crippen molar-refractivity contribution in [1.82, 2.24) is 9.21 Å². The first-order valence-corrected chi connectivity index (χ1v) is 8.47. The fourth-order valence-electron chi connectivity index (χ4n) is 2.15. The van der Waals surface area contributed by atoms with E-state index in [0.717, 1.165) is 10.4 Å². The molecule has 1 aromatic rings. The highest BCUT2D eigenvalue weighted by Gasteiger charge is 2.32. The van der Waals surface area contributed by atoms with Crippen molar-refractivity contribution in [1.29, 1.82) is 0 Å². The van der Waals surface area contributed by atoms with Crippen molar-refractivity contribution in [2.45, 2.75) is 11.8 Å². The van der Waals surface area contributed by atoms with Crippen LogP contribution < -0.4 is 5.73 Å². The number of anilines is 1. The predicted molar refractivity (Wildman–Crippen MR) is 79.5 cm³/mol. The van der Waals surface area contributed by atoms with Crippen LogP contribution in [0.25, 0.3) is 0 Å². The number of sulfonamides is 1. The minimum Gasteiger partial charge on any atom is -0.399 e. The summed E-state index contributed by atoms with van der Waals surface area (Å²) < 4.78 is 40.2. The highest BCUT2D eigenvalue weighted by atomic mass is 79.9. The standard InChI is InChI=1S/C12H15BrFN3O3S/c1-8(18)16-2-4-17(5-3-16)21(19,20)11-7-9(15)6-10(13)12(11)14/h6-7H,2-5,15H2,1H3. The summed E-state index contributed by atoms with van der Waals surface area (Å²) >= 11 is 2.95. The van der Waals surface area contributed by atoms with Gasteiger partial charge in [-0.1, -0.05) is 0 Å². The number of rotatable bonds is 2. The number of amides is 1. The van der Waals surface area contributed by atoms with E-state index in [1.807, 2.05) is 0 Å². The molecular formula is C12H15BrFN3O3S. The molecule has 0 atom stereocenters. The normalized spacial score (nSPS) is 17.0. The van der Waals surface area contributed by atoms with Crippen LogP contribution in [-0.2, 0) is 14.8 Å². The summed E-state index contributed by atoms with van der Waals surface area (Å²) in [5.41, 5.74) is 5.74. The van der Waals surface area contributed by atoms with E-state index in [1.54, 1.807) is 4.90 Å². The number of nitrogens with zero attached hydrogens (tertiary/aromatic N) is 2. The number of piperazine rings is 1. The smallest absolute Gasteiger partial charge is 0.246 e. The zero-order valence-electron chi connectivity index (χ0n) is 11.3. The van der Waals surface area contributed by atoms with Gasteiger partial charge in [0, 0.05) is 38.8 Å². The summed E-state index contributed by atoms with van der Waals surface area (Å²) in [6, 6.07) is 2.41. The van der Waals surface area contributed by atoms with Gasteiger partial charge in [0.2, 0.25) is 15.9 Å². The van der Waals surface area contributed by atoms with Crippen LogP contribution in [0.1, 0.15) is 6.92 Å². The Hall–Kier alpha value is -1.19. The first-order valence-electron chi connectivity index (χ1n) is 6.23. The molecule has 0 aromatic heterocycles. The van der Waals surface area contributed by atoms with Gasteiger partial charge in [0.15, 0.2) is 5.82 Å². The van der Waals surface area contributed by atoms with Gasteiger partial charge in [-0.2, -0.15) is 4.31 Å². The van der Waals surface area contributed by atoms with Crippen LogP contribution in [0.4, 0.5) is 10.1 Å². The highest BCUT2D eigenvalue weighted by molar-refractivity contribution is 9.10. The lowest BCUT2D eigenvalue weighted by Gasteiger charge is -2.33. The quantitative estimate of drug-likeness (QED) is 0.777. The Kier molecular flexibility index (Phi) is 4.54. The molecule has 6 nitrogen and oxygen atoms in total. The van der Waals surface area contributed by atoms with Crippen LogP contribution in [0, 0.1) is 5.82 Å². The third-order valence-corrected chi connectivity index (χ3v) is 5.79. The zero-order valence-corrected chi connectivity index (χ0v) is 13.7. The molecule has 0 aliphatic carbocycles. The number of benzene rings is 1. The Morgan fingerprint density at radius 1 is 1.29 bits per heavy atom. The molecule has 0 unspecified atom stereocenters. The van der Waals surface area contributed by atoms with E-state index >= 15 is 0 Å². The molecule has 9 heteroatoms. The van der Waals surface area contributed by atoms with Crippen LogP contribution in [0.3, 0.4) is 0 Å². The molecule has 1 heterocycles. The fraction of sp³-hybridized carbons (Fsp3) is 0.417. The third-order valence-electron chi connectivity index (χ3n) is 3.32. The van der Waals surface area contributed by atoms with E-state index in [1.165, 1.54) is 13.0 Å². The molecule has 21 heavy (non-hydrogen) atoms. The first kappa shape index (κ1) is 16.2. The topological polar surface area (TPSA) is 83.7 Å². The number of hydrogen-bond acceptors (Lipinski definition) is 4. The number of nitrogen functional groups attached to an aromatic ring is 1. The van der Waals surface area contributed by atoms with E-state index in [4.69, 9.17) is 5.73 Å². The lowest BCUT2D eigenvalue weighted by atomic mass is 10.3. The van der Waals surface area contributed by atoms with Gasteiger partial charge in [0.05, 0.1) is 4.47 Å². The minimum absolute atomic E-state index is 0.00319. The van der Waals surface area contributed by atoms with Crippen molar-refractivity contribution in [3.05, 3.63) is 22.4 Å². The fourth-order valence-corrected chi connectivity index (χ4v) is 4.31. The Morgan fingerprint density at radius 3 is 2.38 bits per heavy atom. The number of nitrogens with two attached hydrogens (primary N) is 1. The Morgan fingerprint density at radius 2 is 1.86 bits per heavy atom. The molecule has 1 fully saturated rings. The van der Waals surface area contributed by atoms with Gasteiger partial charge >= 0.3 is 0 Å². The SMILES string of the molecule is CC(=O)N1CCN(S(=O)(=O)c2cc(N)cc(Br)c2F)CC1. The van der Waals surface area contributed by atoms with Gasteiger partial charge in [-0.3, -0.25) is 4.79 Å². The summed E-state index contributed by atoms with van der Waals surface area (Å²) in [5.74, 6) is -0.969. The molecule has 0 radical (unpaired) electrons. The molecule has 1 aliphatic heterocycles. The Labute approximate surface area is 130 Å². The largest absolute Gasteiger partial charge is 0.399 e. The van der Waals surface area contributed by atoms with Crippen LogP contribution in [-0.4, -0.2) is 49.7 Å². The number of carbonyl (C=O) groups is 1. The second kappa shape index (κ2) is 5.90. The van der Waals surface area contributed by atoms with E-state index < -0.39 is 20.7 Å². The van der Waals surface area contributed by atoms with Gasteiger partial charge in [0.25, 0.3) is 0 Å². The van der Waals surface area contributed by atoms with Crippen molar-refractivity contribution in [2.24, 2.45) is 0 Å². The maximum absolute atomic E-state index is 14.1. The first-order chi connectivity index (χ1) is 9.73. The highest BCUT2D eigenvalue weighted by Crippen LogP contribution is 2.28. The summed E-state index contributed by atoms with van der Waals surface area (Å²) in [6.45, 7) is 2.28. The predicted octanol–water partition coefficient (Wildman–Crippen LogP) is 1.02. The molecule has 2 rings (SSSR count). The molecule has 1 amide bonds. The number of carbonyl (C=O) groups excluding carboxylic acids is 1. The van der Waals surface area contributed by atoms with Crippen LogP contribution in [0.5, 0.6) is 0 Å². The van der Waals surface area contributed by atoms with E-state index in [-0.39, 0.29) is 29.2 Å². The van der Waals surface area contributed by atoms with Crippen molar-refractivity contribution >= 4 is 37.5 Å². The van der Waals surface area contributed by atoms with E-state index in [0.29, 0.717) is 13.1 Å². The summed E-state index contributed by atoms with van der Waals surface area (Å²) in [4.78, 5) is 12.3. The van der Waals surface area contributed by atoms with Gasteiger partial charge in [-0.05, 0) is 28.1 Å². The van der Waals surface area contributed by atoms with Crippen LogP contribution in [0.2, 0.25) is 0 Å². The maximum atomic E-state index is 14.1. The lowest BCUT2D eigenvalue weighted by Crippen LogP contribution is -2.50.